The number of amides is 1. The first kappa shape index (κ1) is 25.5. The Kier molecular flexibility index (Phi) is 11.4. The molecular weight excluding hydrogens is 479 g/mol. The fourth-order valence-electron chi connectivity index (χ4n) is 3.52. The van der Waals surface area contributed by atoms with Crippen LogP contribution in [0.3, 0.4) is 0 Å². The molecule has 0 aliphatic heterocycles. The number of hydrogen-bond donors (Lipinski definition) is 2. The minimum Gasteiger partial charge on any atom is -0.484 e. The lowest BCUT2D eigenvalue weighted by Crippen LogP contribution is -2.44. The molecule has 0 heterocycles. The highest BCUT2D eigenvalue weighted by atomic mass is 127. The van der Waals surface area contributed by atoms with Gasteiger partial charge in [0.1, 0.15) is 5.75 Å². The molecule has 1 amide bonds. The van der Waals surface area contributed by atoms with Gasteiger partial charge in [0, 0.05) is 33.7 Å². The summed E-state index contributed by atoms with van der Waals surface area (Å²) < 4.78 is 5.59. The molecule has 29 heavy (non-hydrogen) atoms. The molecule has 1 aromatic carbocycles. The monoisotopic (exact) mass is 516 g/mol. The average molecular weight is 516 g/mol. The van der Waals surface area contributed by atoms with Crippen molar-refractivity contribution < 1.29 is 9.53 Å². The van der Waals surface area contributed by atoms with Crippen molar-refractivity contribution in [3.8, 4) is 5.75 Å². The molecule has 0 unspecified atom stereocenters. The van der Waals surface area contributed by atoms with E-state index in [4.69, 9.17) is 4.74 Å². The average Bonchev–Trinajstić information content (AvgIpc) is 2.69. The number of ether oxygens (including phenoxy) is 1. The van der Waals surface area contributed by atoms with Gasteiger partial charge in [0.15, 0.2) is 12.6 Å². The fourth-order valence-corrected chi connectivity index (χ4v) is 3.52. The van der Waals surface area contributed by atoms with Gasteiger partial charge in [-0.2, -0.15) is 0 Å². The molecule has 0 bridgehead atoms. The van der Waals surface area contributed by atoms with E-state index in [-0.39, 0.29) is 36.5 Å². The Labute approximate surface area is 192 Å². The number of nitrogens with zero attached hydrogens (tertiary/aromatic N) is 2. The molecule has 0 radical (unpaired) electrons. The standard InChI is InChI=1S/C22H36N4O2.HI/c1-16(2)18-9-11-19(12-10-18)25-22(23-3)24-14-17-7-6-8-20(13-17)28-15-21(27)26(4)5;/h6-8,13,16,18-19H,9-12,14-15H2,1-5H3,(H2,23,24,25);1H. The number of rotatable bonds is 7. The van der Waals surface area contributed by atoms with Crippen LogP contribution in [0.5, 0.6) is 5.75 Å². The number of nitrogens with one attached hydrogen (secondary N) is 2. The maximum absolute atomic E-state index is 11.7. The third-order valence-electron chi connectivity index (χ3n) is 5.50. The van der Waals surface area contributed by atoms with Gasteiger partial charge in [0.25, 0.3) is 5.91 Å². The van der Waals surface area contributed by atoms with Crippen molar-refractivity contribution in [3.05, 3.63) is 29.8 Å². The fraction of sp³-hybridized carbons (Fsp3) is 0.636. The third-order valence-corrected chi connectivity index (χ3v) is 5.50. The van der Waals surface area contributed by atoms with E-state index >= 15 is 0 Å². The molecule has 1 aliphatic carbocycles. The van der Waals surface area contributed by atoms with Crippen LogP contribution in [-0.2, 0) is 11.3 Å². The zero-order chi connectivity index (χ0) is 20.5. The van der Waals surface area contributed by atoms with Crippen molar-refractivity contribution in [3.63, 3.8) is 0 Å². The van der Waals surface area contributed by atoms with Crippen LogP contribution in [0.25, 0.3) is 0 Å². The zero-order valence-electron chi connectivity index (χ0n) is 18.4. The van der Waals surface area contributed by atoms with Gasteiger partial charge < -0.3 is 20.3 Å². The number of benzene rings is 1. The summed E-state index contributed by atoms with van der Waals surface area (Å²) in [7, 11) is 5.25. The van der Waals surface area contributed by atoms with Gasteiger partial charge in [0.2, 0.25) is 0 Å². The van der Waals surface area contributed by atoms with Gasteiger partial charge in [-0.1, -0.05) is 26.0 Å². The first-order valence-electron chi connectivity index (χ1n) is 10.3. The number of guanidine groups is 1. The number of carbonyl (C=O) groups is 1. The molecule has 2 rings (SSSR count). The van der Waals surface area contributed by atoms with Crippen LogP contribution in [-0.4, -0.2) is 50.6 Å². The number of aliphatic imine (C=N–C) groups is 1. The second-order valence-electron chi connectivity index (χ2n) is 8.15. The highest BCUT2D eigenvalue weighted by molar-refractivity contribution is 14.0. The van der Waals surface area contributed by atoms with E-state index < -0.39 is 0 Å². The van der Waals surface area contributed by atoms with E-state index in [9.17, 15) is 4.79 Å². The van der Waals surface area contributed by atoms with Gasteiger partial charge >= 0.3 is 0 Å². The molecule has 6 nitrogen and oxygen atoms in total. The highest BCUT2D eigenvalue weighted by Crippen LogP contribution is 2.29. The number of likely N-dealkylation sites (N-methyl/N-ethyl adjacent to an activating group) is 1. The Hall–Kier alpha value is -1.51. The molecule has 0 saturated heterocycles. The zero-order valence-corrected chi connectivity index (χ0v) is 20.7. The molecule has 1 saturated carbocycles. The van der Waals surface area contributed by atoms with Gasteiger partial charge in [0.05, 0.1) is 0 Å². The molecular formula is C22H37IN4O2. The van der Waals surface area contributed by atoms with Crippen molar-refractivity contribution in [1.29, 1.82) is 0 Å². The number of hydrogen-bond acceptors (Lipinski definition) is 3. The van der Waals surface area contributed by atoms with E-state index in [1.54, 1.807) is 14.1 Å². The molecule has 2 N–H and O–H groups in total. The largest absolute Gasteiger partial charge is 0.484 e. The van der Waals surface area contributed by atoms with E-state index in [2.05, 4.69) is 29.5 Å². The van der Waals surface area contributed by atoms with E-state index in [0.29, 0.717) is 18.3 Å². The Morgan fingerprint density at radius 1 is 1.24 bits per heavy atom. The van der Waals surface area contributed by atoms with Gasteiger partial charge in [-0.3, -0.25) is 9.79 Å². The summed E-state index contributed by atoms with van der Waals surface area (Å²) in [4.78, 5) is 17.6. The molecule has 0 aromatic heterocycles. The Morgan fingerprint density at radius 2 is 1.93 bits per heavy atom. The highest BCUT2D eigenvalue weighted by Gasteiger charge is 2.23. The predicted octanol–water partition coefficient (Wildman–Crippen LogP) is 3.65. The molecule has 1 aliphatic rings. The predicted molar refractivity (Wildman–Crippen MR) is 130 cm³/mol. The van der Waals surface area contributed by atoms with E-state index in [1.165, 1.54) is 30.6 Å². The second-order valence-corrected chi connectivity index (χ2v) is 8.15. The maximum atomic E-state index is 11.7. The summed E-state index contributed by atoms with van der Waals surface area (Å²) in [6.07, 6.45) is 4.98. The lowest BCUT2D eigenvalue weighted by Gasteiger charge is -2.32. The van der Waals surface area contributed by atoms with Crippen LogP contribution in [0.2, 0.25) is 0 Å². The molecule has 1 fully saturated rings. The van der Waals surface area contributed by atoms with E-state index in [0.717, 1.165) is 23.4 Å². The first-order chi connectivity index (χ1) is 13.4. The van der Waals surface area contributed by atoms with Crippen molar-refractivity contribution in [2.75, 3.05) is 27.7 Å². The van der Waals surface area contributed by atoms with Gasteiger partial charge in [-0.05, 0) is 55.2 Å². The Bertz CT molecular complexity index is 656. The van der Waals surface area contributed by atoms with Crippen molar-refractivity contribution in [2.45, 2.75) is 52.1 Å². The van der Waals surface area contributed by atoms with Gasteiger partial charge in [-0.15, -0.1) is 24.0 Å². The topological polar surface area (TPSA) is 66.0 Å². The lowest BCUT2D eigenvalue weighted by atomic mass is 9.80. The summed E-state index contributed by atoms with van der Waals surface area (Å²) in [5, 5.41) is 6.95. The minimum absolute atomic E-state index is 0. The first-order valence-corrected chi connectivity index (χ1v) is 10.3. The van der Waals surface area contributed by atoms with E-state index in [1.807, 2.05) is 31.3 Å². The van der Waals surface area contributed by atoms with Crippen LogP contribution in [0, 0.1) is 11.8 Å². The van der Waals surface area contributed by atoms with Crippen LogP contribution < -0.4 is 15.4 Å². The van der Waals surface area contributed by atoms with Gasteiger partial charge in [-0.25, -0.2) is 0 Å². The number of halogens is 1. The Balaban J connectivity index is 0.00000420. The third kappa shape index (κ3) is 8.80. The number of carbonyl (C=O) groups excluding carboxylic acids is 1. The van der Waals surface area contributed by atoms with Crippen LogP contribution in [0.1, 0.15) is 45.1 Å². The minimum atomic E-state index is -0.0553. The van der Waals surface area contributed by atoms with Crippen LogP contribution >= 0.6 is 24.0 Å². The molecule has 0 atom stereocenters. The normalized spacial score (nSPS) is 19.3. The Morgan fingerprint density at radius 3 is 2.52 bits per heavy atom. The van der Waals surface area contributed by atoms with Crippen molar-refractivity contribution in [2.24, 2.45) is 16.8 Å². The second kappa shape index (κ2) is 12.9. The van der Waals surface area contributed by atoms with Crippen molar-refractivity contribution in [1.82, 2.24) is 15.5 Å². The van der Waals surface area contributed by atoms with Crippen molar-refractivity contribution >= 4 is 35.8 Å². The lowest BCUT2D eigenvalue weighted by molar-refractivity contribution is -0.130. The van der Waals surface area contributed by atoms with Crippen LogP contribution in [0.15, 0.2) is 29.3 Å². The summed E-state index contributed by atoms with van der Waals surface area (Å²) >= 11 is 0. The summed E-state index contributed by atoms with van der Waals surface area (Å²) in [5.41, 5.74) is 1.08. The summed E-state index contributed by atoms with van der Waals surface area (Å²) in [5.74, 6) is 3.11. The molecule has 1 aromatic rings. The smallest absolute Gasteiger partial charge is 0.259 e. The molecule has 7 heteroatoms. The summed E-state index contributed by atoms with van der Waals surface area (Å²) in [6, 6.07) is 8.29. The summed E-state index contributed by atoms with van der Waals surface area (Å²) in [6.45, 7) is 5.35. The maximum Gasteiger partial charge on any atom is 0.259 e. The quantitative estimate of drug-likeness (QED) is 0.330. The molecule has 164 valence electrons. The molecule has 0 spiro atoms. The van der Waals surface area contributed by atoms with Crippen LogP contribution in [0.4, 0.5) is 0 Å². The SMILES string of the molecule is CN=C(NCc1cccc(OCC(=O)N(C)C)c1)NC1CCC(C(C)C)CC1.I.